The van der Waals surface area contributed by atoms with Crippen molar-refractivity contribution >= 4 is 0 Å². The van der Waals surface area contributed by atoms with Crippen LogP contribution in [0.25, 0.3) is 11.4 Å². The van der Waals surface area contributed by atoms with Crippen LogP contribution in [0.2, 0.25) is 0 Å². The van der Waals surface area contributed by atoms with Gasteiger partial charge in [-0.05, 0) is 19.1 Å². The fourth-order valence-corrected chi connectivity index (χ4v) is 1.69. The van der Waals surface area contributed by atoms with Crippen LogP contribution in [-0.4, -0.2) is 28.0 Å². The van der Waals surface area contributed by atoms with Crippen molar-refractivity contribution in [3.63, 3.8) is 0 Å². The molecule has 0 N–H and O–H groups in total. The molecule has 1 heterocycles. The Kier molecular flexibility index (Phi) is 4.34. The highest BCUT2D eigenvalue weighted by Gasteiger charge is 2.14. The lowest BCUT2D eigenvalue weighted by Gasteiger charge is -2.05. The molecular weight excluding hydrogens is 261 g/mol. The molecule has 2 rings (SSSR count). The molecule has 20 heavy (non-hydrogen) atoms. The molecular formula is C14H16FN3O2. The number of halogens is 1. The molecule has 0 aliphatic carbocycles. The van der Waals surface area contributed by atoms with Crippen LogP contribution in [-0.2, 0) is 11.8 Å². The van der Waals surface area contributed by atoms with E-state index in [-0.39, 0.29) is 18.4 Å². The summed E-state index contributed by atoms with van der Waals surface area (Å²) in [4.78, 5) is 4.17. The van der Waals surface area contributed by atoms with Gasteiger partial charge in [-0.15, -0.1) is 5.10 Å². The highest BCUT2D eigenvalue weighted by Crippen LogP contribution is 2.21. The molecule has 0 aliphatic rings. The summed E-state index contributed by atoms with van der Waals surface area (Å²) in [7, 11) is 1.68. The van der Waals surface area contributed by atoms with E-state index >= 15 is 0 Å². The van der Waals surface area contributed by atoms with Crippen LogP contribution in [0, 0.1) is 5.82 Å². The van der Waals surface area contributed by atoms with Gasteiger partial charge in [-0.1, -0.05) is 18.7 Å². The topological polar surface area (TPSA) is 49.2 Å². The Labute approximate surface area is 116 Å². The Morgan fingerprint density at radius 2 is 2.15 bits per heavy atom. The predicted molar refractivity (Wildman–Crippen MR) is 72.7 cm³/mol. The summed E-state index contributed by atoms with van der Waals surface area (Å²) in [6.07, 6.45) is 0. The number of aromatic nitrogens is 3. The minimum absolute atomic E-state index is 0.159. The van der Waals surface area contributed by atoms with E-state index in [1.807, 2.05) is 6.92 Å². The maximum absolute atomic E-state index is 13.7. The van der Waals surface area contributed by atoms with Crippen LogP contribution in [0.4, 0.5) is 4.39 Å². The van der Waals surface area contributed by atoms with Gasteiger partial charge in [0.15, 0.2) is 5.82 Å². The SMILES string of the molecule is C=C(COc1nc(-c2ccccc2F)n(C)n1)OCC. The number of hydrogen-bond acceptors (Lipinski definition) is 4. The molecule has 106 valence electrons. The first kappa shape index (κ1) is 14.0. The maximum Gasteiger partial charge on any atom is 0.336 e. The van der Waals surface area contributed by atoms with Crippen molar-refractivity contribution in [2.24, 2.45) is 7.05 Å². The largest absolute Gasteiger partial charge is 0.495 e. The first-order chi connectivity index (χ1) is 9.61. The second-order valence-corrected chi connectivity index (χ2v) is 4.08. The molecule has 0 atom stereocenters. The van der Waals surface area contributed by atoms with E-state index in [9.17, 15) is 4.39 Å². The molecule has 0 unspecified atom stereocenters. The average Bonchev–Trinajstić information content (AvgIpc) is 2.79. The van der Waals surface area contributed by atoms with Gasteiger partial charge in [-0.3, -0.25) is 0 Å². The highest BCUT2D eigenvalue weighted by atomic mass is 19.1. The van der Waals surface area contributed by atoms with E-state index in [0.29, 0.717) is 23.8 Å². The van der Waals surface area contributed by atoms with Gasteiger partial charge in [-0.2, -0.15) is 4.98 Å². The van der Waals surface area contributed by atoms with Crippen LogP contribution < -0.4 is 4.74 Å². The number of ether oxygens (including phenoxy) is 2. The molecule has 1 aromatic heterocycles. The number of benzene rings is 1. The molecule has 0 aliphatic heterocycles. The summed E-state index contributed by atoms with van der Waals surface area (Å²) < 4.78 is 25.7. The molecule has 0 radical (unpaired) electrons. The van der Waals surface area contributed by atoms with E-state index in [2.05, 4.69) is 16.7 Å². The molecule has 0 spiro atoms. The van der Waals surface area contributed by atoms with E-state index in [4.69, 9.17) is 9.47 Å². The predicted octanol–water partition coefficient (Wildman–Crippen LogP) is 2.55. The minimum Gasteiger partial charge on any atom is -0.495 e. The quantitative estimate of drug-likeness (QED) is 0.761. The molecule has 0 saturated carbocycles. The fraction of sp³-hybridized carbons (Fsp3) is 0.286. The van der Waals surface area contributed by atoms with Crippen LogP contribution >= 0.6 is 0 Å². The van der Waals surface area contributed by atoms with E-state index in [1.54, 1.807) is 25.2 Å². The average molecular weight is 277 g/mol. The zero-order valence-corrected chi connectivity index (χ0v) is 11.5. The van der Waals surface area contributed by atoms with Gasteiger partial charge in [0.25, 0.3) is 0 Å². The molecule has 1 aromatic carbocycles. The molecule has 6 heteroatoms. The maximum atomic E-state index is 13.7. The molecule has 5 nitrogen and oxygen atoms in total. The molecule has 0 saturated heterocycles. The summed E-state index contributed by atoms with van der Waals surface area (Å²) in [6.45, 7) is 6.24. The second kappa shape index (κ2) is 6.18. The third-order valence-corrected chi connectivity index (χ3v) is 2.57. The Morgan fingerprint density at radius 1 is 1.40 bits per heavy atom. The standard InChI is InChI=1S/C14H16FN3O2/c1-4-19-10(2)9-20-14-16-13(18(3)17-14)11-7-5-6-8-12(11)15/h5-8H,2,4,9H2,1,3H3. The third kappa shape index (κ3) is 3.14. The summed E-state index contributed by atoms with van der Waals surface area (Å²) >= 11 is 0. The third-order valence-electron chi connectivity index (χ3n) is 2.57. The van der Waals surface area contributed by atoms with Gasteiger partial charge in [0.1, 0.15) is 18.2 Å². The zero-order chi connectivity index (χ0) is 14.5. The number of aryl methyl sites for hydroxylation is 1. The Morgan fingerprint density at radius 3 is 2.85 bits per heavy atom. The van der Waals surface area contributed by atoms with Crippen LogP contribution in [0.1, 0.15) is 6.92 Å². The van der Waals surface area contributed by atoms with Crippen molar-refractivity contribution in [2.45, 2.75) is 6.92 Å². The Bertz CT molecular complexity index is 610. The normalized spacial score (nSPS) is 10.3. The lowest BCUT2D eigenvalue weighted by atomic mass is 10.2. The highest BCUT2D eigenvalue weighted by molar-refractivity contribution is 5.56. The second-order valence-electron chi connectivity index (χ2n) is 4.08. The van der Waals surface area contributed by atoms with Crippen molar-refractivity contribution in [2.75, 3.05) is 13.2 Å². The zero-order valence-electron chi connectivity index (χ0n) is 11.5. The number of hydrogen-bond donors (Lipinski definition) is 0. The van der Waals surface area contributed by atoms with E-state index in [1.165, 1.54) is 10.7 Å². The Balaban J connectivity index is 2.14. The molecule has 2 aromatic rings. The number of rotatable bonds is 6. The van der Waals surface area contributed by atoms with Gasteiger partial charge in [0, 0.05) is 7.05 Å². The van der Waals surface area contributed by atoms with Gasteiger partial charge in [0.05, 0.1) is 12.2 Å². The van der Waals surface area contributed by atoms with E-state index < -0.39 is 0 Å². The first-order valence-corrected chi connectivity index (χ1v) is 6.21. The van der Waals surface area contributed by atoms with Crippen LogP contribution in [0.15, 0.2) is 36.6 Å². The van der Waals surface area contributed by atoms with Crippen molar-refractivity contribution in [3.8, 4) is 17.4 Å². The molecule has 0 fully saturated rings. The Hall–Kier alpha value is -2.37. The van der Waals surface area contributed by atoms with Crippen LogP contribution in [0.5, 0.6) is 6.01 Å². The van der Waals surface area contributed by atoms with Gasteiger partial charge >= 0.3 is 6.01 Å². The first-order valence-electron chi connectivity index (χ1n) is 6.21. The smallest absolute Gasteiger partial charge is 0.336 e. The summed E-state index contributed by atoms with van der Waals surface area (Å²) in [5, 5.41) is 4.08. The lowest BCUT2D eigenvalue weighted by Crippen LogP contribution is -2.04. The van der Waals surface area contributed by atoms with Crippen molar-refractivity contribution in [3.05, 3.63) is 42.4 Å². The fourth-order valence-electron chi connectivity index (χ4n) is 1.69. The van der Waals surface area contributed by atoms with Crippen molar-refractivity contribution < 1.29 is 13.9 Å². The minimum atomic E-state index is -0.353. The molecule has 0 amide bonds. The summed E-state index contributed by atoms with van der Waals surface area (Å²) in [6, 6.07) is 6.54. The van der Waals surface area contributed by atoms with Crippen LogP contribution in [0.3, 0.4) is 0 Å². The van der Waals surface area contributed by atoms with Gasteiger partial charge < -0.3 is 9.47 Å². The van der Waals surface area contributed by atoms with Gasteiger partial charge in [-0.25, -0.2) is 9.07 Å². The lowest BCUT2D eigenvalue weighted by molar-refractivity contribution is 0.176. The molecule has 0 bridgehead atoms. The summed E-state index contributed by atoms with van der Waals surface area (Å²) in [5.74, 6) is 0.542. The van der Waals surface area contributed by atoms with Crippen molar-refractivity contribution in [1.82, 2.24) is 14.8 Å². The van der Waals surface area contributed by atoms with Gasteiger partial charge in [0.2, 0.25) is 0 Å². The monoisotopic (exact) mass is 277 g/mol. The van der Waals surface area contributed by atoms with E-state index in [0.717, 1.165) is 0 Å². The summed E-state index contributed by atoms with van der Waals surface area (Å²) in [5.41, 5.74) is 0.376. The number of nitrogens with zero attached hydrogens (tertiary/aromatic N) is 3. The van der Waals surface area contributed by atoms with Crippen molar-refractivity contribution in [1.29, 1.82) is 0 Å².